The number of fused-ring (bicyclic) bond motifs is 2. The van der Waals surface area contributed by atoms with Crippen LogP contribution in [0.5, 0.6) is 0 Å². The maximum Gasteiger partial charge on any atom is 0.375 e. The van der Waals surface area contributed by atoms with Gasteiger partial charge in [-0.1, -0.05) is 30.3 Å². The van der Waals surface area contributed by atoms with Gasteiger partial charge in [-0.2, -0.15) is 17.0 Å². The van der Waals surface area contributed by atoms with E-state index in [1.165, 1.54) is 0 Å². The number of rotatable bonds is 6. The van der Waals surface area contributed by atoms with E-state index in [1.807, 2.05) is 54.8 Å². The summed E-state index contributed by atoms with van der Waals surface area (Å²) >= 11 is 1.55. The minimum atomic E-state index is -0.725. The number of carbonyl (C=O) groups excluding carboxylic acids is 2. The lowest BCUT2D eigenvalue weighted by atomic mass is 10.1. The topological polar surface area (TPSA) is 86.8 Å². The third-order valence-corrected chi connectivity index (χ3v) is 5.94. The molecule has 8 heteroatoms. The van der Waals surface area contributed by atoms with E-state index in [1.54, 1.807) is 41.7 Å². The second kappa shape index (κ2) is 8.81. The molecule has 7 nitrogen and oxygen atoms in total. The Hall–Kier alpha value is -3.70. The van der Waals surface area contributed by atoms with Crippen molar-refractivity contribution in [3.63, 3.8) is 0 Å². The Balaban J connectivity index is 1.57. The van der Waals surface area contributed by atoms with E-state index in [4.69, 9.17) is 9.15 Å². The van der Waals surface area contributed by atoms with E-state index in [0.29, 0.717) is 17.2 Å². The van der Waals surface area contributed by atoms with Crippen LogP contribution in [0.4, 0.5) is 11.4 Å². The molecule has 32 heavy (non-hydrogen) atoms. The van der Waals surface area contributed by atoms with E-state index in [2.05, 4.69) is 0 Å². The molecule has 0 unspecified atom stereocenters. The first kappa shape index (κ1) is 21.5. The third kappa shape index (κ3) is 3.61. The number of ether oxygens (including phenoxy) is 1. The Morgan fingerprint density at radius 1 is 1.06 bits per heavy atom. The number of ketones is 1. The Bertz CT molecular complexity index is 1260. The number of hydrogen-bond acceptors (Lipinski definition) is 8. The summed E-state index contributed by atoms with van der Waals surface area (Å²) in [4.78, 5) is 29.2. The highest BCUT2D eigenvalue weighted by molar-refractivity contribution is 7.97. The normalized spacial score (nSPS) is 12.6. The van der Waals surface area contributed by atoms with Gasteiger partial charge in [-0.05, 0) is 24.5 Å². The quantitative estimate of drug-likeness (QED) is 0.313. The number of Topliss-reactive ketones (excluding diaryl/α,β-unsaturated/α-hetero) is 1. The molecule has 3 aromatic rings. The van der Waals surface area contributed by atoms with Gasteiger partial charge in [0, 0.05) is 30.8 Å². The number of anilines is 2. The molecule has 162 valence electrons. The van der Waals surface area contributed by atoms with Crippen LogP contribution in [0.2, 0.25) is 0 Å². The van der Waals surface area contributed by atoms with Crippen molar-refractivity contribution >= 4 is 45.9 Å². The highest BCUT2D eigenvalue weighted by atomic mass is 32.2. The molecule has 2 heterocycles. The SMILES string of the molecule is CSCc1c(C(=O)OCC(=O)C(C#N)=C2N(C)c3ccccc3N2C)oc2ccccc12. The van der Waals surface area contributed by atoms with Crippen molar-refractivity contribution in [1.29, 1.82) is 5.26 Å². The monoisotopic (exact) mass is 447 g/mol. The van der Waals surface area contributed by atoms with E-state index in [0.717, 1.165) is 22.3 Å². The second-order valence-corrected chi connectivity index (χ2v) is 8.12. The molecule has 0 saturated heterocycles. The van der Waals surface area contributed by atoms with Crippen LogP contribution in [0.25, 0.3) is 11.0 Å². The van der Waals surface area contributed by atoms with E-state index in [-0.39, 0.29) is 11.3 Å². The molecule has 0 N–H and O–H groups in total. The number of benzene rings is 2. The number of nitriles is 1. The van der Waals surface area contributed by atoms with Crippen LogP contribution in [0.3, 0.4) is 0 Å². The highest BCUT2D eigenvalue weighted by Crippen LogP contribution is 2.40. The molecule has 0 fully saturated rings. The summed E-state index contributed by atoms with van der Waals surface area (Å²) < 4.78 is 11.0. The molecule has 0 atom stereocenters. The molecule has 0 saturated carbocycles. The molecule has 0 amide bonds. The van der Waals surface area contributed by atoms with E-state index >= 15 is 0 Å². The van der Waals surface area contributed by atoms with Crippen molar-refractivity contribution in [2.75, 3.05) is 36.8 Å². The average molecular weight is 448 g/mol. The summed E-state index contributed by atoms with van der Waals surface area (Å²) in [5.41, 5.74) is 3.00. The van der Waals surface area contributed by atoms with Gasteiger partial charge in [-0.25, -0.2) is 4.79 Å². The van der Waals surface area contributed by atoms with Gasteiger partial charge in [0.05, 0.1) is 11.4 Å². The minimum absolute atomic E-state index is 0.0760. The zero-order chi connectivity index (χ0) is 22.8. The predicted octanol–water partition coefficient (Wildman–Crippen LogP) is 4.34. The number of hydrogen-bond donors (Lipinski definition) is 0. The highest BCUT2D eigenvalue weighted by Gasteiger charge is 2.32. The van der Waals surface area contributed by atoms with Crippen molar-refractivity contribution in [3.05, 3.63) is 71.2 Å². The molecular weight excluding hydrogens is 426 g/mol. The first-order valence-corrected chi connectivity index (χ1v) is 11.3. The lowest BCUT2D eigenvalue weighted by molar-refractivity contribution is -0.118. The van der Waals surface area contributed by atoms with Crippen molar-refractivity contribution in [3.8, 4) is 6.07 Å². The molecule has 0 spiro atoms. The molecule has 1 aliphatic heterocycles. The van der Waals surface area contributed by atoms with Gasteiger partial charge in [0.15, 0.2) is 6.61 Å². The van der Waals surface area contributed by atoms with Crippen LogP contribution in [-0.4, -0.2) is 38.7 Å². The van der Waals surface area contributed by atoms with Crippen LogP contribution < -0.4 is 9.80 Å². The number of thioether (sulfide) groups is 1. The first-order valence-electron chi connectivity index (χ1n) is 9.88. The zero-order valence-electron chi connectivity index (χ0n) is 17.9. The van der Waals surface area contributed by atoms with E-state index in [9.17, 15) is 14.9 Å². The van der Waals surface area contributed by atoms with Crippen molar-refractivity contribution in [1.82, 2.24) is 0 Å². The molecule has 0 aliphatic carbocycles. The molecule has 1 aromatic heterocycles. The Labute approximate surface area is 189 Å². The van der Waals surface area contributed by atoms with Crippen molar-refractivity contribution < 1.29 is 18.7 Å². The fourth-order valence-electron chi connectivity index (χ4n) is 3.88. The van der Waals surface area contributed by atoms with Gasteiger partial charge >= 0.3 is 5.97 Å². The molecule has 0 bridgehead atoms. The smallest absolute Gasteiger partial charge is 0.375 e. The lowest BCUT2D eigenvalue weighted by Crippen LogP contribution is -2.27. The lowest BCUT2D eigenvalue weighted by Gasteiger charge is -2.19. The van der Waals surface area contributed by atoms with Crippen LogP contribution in [0.15, 0.2) is 64.3 Å². The van der Waals surface area contributed by atoms with Gasteiger partial charge in [-0.3, -0.25) is 4.79 Å². The maximum atomic E-state index is 12.9. The second-order valence-electron chi connectivity index (χ2n) is 7.26. The summed E-state index contributed by atoms with van der Waals surface area (Å²) in [6.07, 6.45) is 1.93. The van der Waals surface area contributed by atoms with Crippen molar-refractivity contribution in [2.45, 2.75) is 5.75 Å². The molecular formula is C24H21N3O4S. The van der Waals surface area contributed by atoms with Crippen molar-refractivity contribution in [2.24, 2.45) is 0 Å². The van der Waals surface area contributed by atoms with E-state index < -0.39 is 18.4 Å². The van der Waals surface area contributed by atoms with Crippen LogP contribution in [0.1, 0.15) is 16.1 Å². The van der Waals surface area contributed by atoms with Gasteiger partial charge in [0.1, 0.15) is 23.0 Å². The summed E-state index contributed by atoms with van der Waals surface area (Å²) in [6, 6.07) is 16.9. The van der Waals surface area contributed by atoms with Gasteiger partial charge in [0.2, 0.25) is 11.5 Å². The Morgan fingerprint density at radius 3 is 2.31 bits per heavy atom. The number of furan rings is 1. The number of esters is 1. The largest absolute Gasteiger partial charge is 0.451 e. The third-order valence-electron chi connectivity index (χ3n) is 5.36. The maximum absolute atomic E-state index is 12.9. The molecule has 0 radical (unpaired) electrons. The zero-order valence-corrected chi connectivity index (χ0v) is 18.7. The molecule has 2 aromatic carbocycles. The standard InChI is InChI=1S/C24H21N3O4S/c1-26-18-9-5-6-10-19(18)27(2)23(26)16(12-25)20(28)13-30-24(29)22-17(14-32-3)15-8-4-7-11-21(15)31-22/h4-11H,13-14H2,1-3H3. The predicted molar refractivity (Wildman–Crippen MR) is 125 cm³/mol. The molecule has 1 aliphatic rings. The van der Waals surface area contributed by atoms with Gasteiger partial charge in [-0.15, -0.1) is 0 Å². The number of carbonyl (C=O) groups is 2. The number of para-hydroxylation sites is 3. The summed E-state index contributed by atoms with van der Waals surface area (Å²) in [6.45, 7) is -0.557. The fraction of sp³-hybridized carbons (Fsp3) is 0.208. The van der Waals surface area contributed by atoms with Crippen LogP contribution in [0, 0.1) is 11.3 Å². The van der Waals surface area contributed by atoms with Gasteiger partial charge < -0.3 is 19.0 Å². The van der Waals surface area contributed by atoms with Gasteiger partial charge in [0.25, 0.3) is 0 Å². The van der Waals surface area contributed by atoms with Crippen LogP contribution >= 0.6 is 11.8 Å². The average Bonchev–Trinajstić information content (AvgIpc) is 3.30. The summed E-state index contributed by atoms with van der Waals surface area (Å²) in [5.74, 6) is -0.206. The first-order chi connectivity index (χ1) is 15.5. The molecule has 4 rings (SSSR count). The Morgan fingerprint density at radius 2 is 1.69 bits per heavy atom. The summed E-state index contributed by atoms with van der Waals surface area (Å²) in [7, 11) is 3.58. The minimum Gasteiger partial charge on any atom is -0.451 e. The Kier molecular flexibility index (Phi) is 5.93. The number of nitrogens with zero attached hydrogens (tertiary/aromatic N) is 3. The fourth-order valence-corrected chi connectivity index (χ4v) is 4.45. The summed E-state index contributed by atoms with van der Waals surface area (Å²) in [5, 5.41) is 10.6. The van der Waals surface area contributed by atoms with Crippen LogP contribution in [-0.2, 0) is 15.3 Å².